The fraction of sp³-hybridized carbons (Fsp3) is 0.438. The van der Waals surface area contributed by atoms with E-state index in [2.05, 4.69) is 61.1 Å². The number of halogens is 1. The Kier molecular flexibility index (Phi) is 4.53. The minimum Gasteiger partial charge on any atom is -0.301 e. The van der Waals surface area contributed by atoms with Gasteiger partial charge in [-0.05, 0) is 43.6 Å². The van der Waals surface area contributed by atoms with Crippen LogP contribution in [0.3, 0.4) is 0 Å². The van der Waals surface area contributed by atoms with Crippen LogP contribution in [-0.2, 0) is 6.54 Å². The Bertz CT molecular complexity index is 541. The van der Waals surface area contributed by atoms with Crippen molar-refractivity contribution in [2.75, 3.05) is 19.6 Å². The van der Waals surface area contributed by atoms with Gasteiger partial charge in [0.2, 0.25) is 0 Å². The van der Waals surface area contributed by atoms with E-state index in [1.165, 1.54) is 43.5 Å². The highest BCUT2D eigenvalue weighted by molar-refractivity contribution is 9.10. The first-order valence-corrected chi connectivity index (χ1v) is 8.11. The second-order valence-electron chi connectivity index (χ2n) is 5.40. The normalized spacial score (nSPS) is 16.4. The van der Waals surface area contributed by atoms with Gasteiger partial charge in [-0.25, -0.2) is 0 Å². The van der Waals surface area contributed by atoms with E-state index in [1.54, 1.807) is 0 Å². The van der Waals surface area contributed by atoms with E-state index in [-0.39, 0.29) is 0 Å². The zero-order valence-electron chi connectivity index (χ0n) is 11.6. The van der Waals surface area contributed by atoms with Crippen molar-refractivity contribution in [1.82, 2.24) is 14.7 Å². The van der Waals surface area contributed by atoms with Crippen molar-refractivity contribution in [2.24, 2.45) is 0 Å². The topological polar surface area (TPSA) is 21.1 Å². The van der Waals surface area contributed by atoms with Crippen LogP contribution in [0.4, 0.5) is 0 Å². The zero-order chi connectivity index (χ0) is 13.8. The molecule has 0 atom stereocenters. The third-order valence-electron chi connectivity index (χ3n) is 3.90. The molecule has 0 amide bonds. The van der Waals surface area contributed by atoms with Crippen LogP contribution in [0.15, 0.2) is 41.1 Å². The van der Waals surface area contributed by atoms with E-state index < -0.39 is 0 Å². The van der Waals surface area contributed by atoms with Gasteiger partial charge in [0.1, 0.15) is 0 Å². The van der Waals surface area contributed by atoms with Crippen molar-refractivity contribution in [2.45, 2.75) is 25.8 Å². The summed E-state index contributed by atoms with van der Waals surface area (Å²) in [6.45, 7) is 4.60. The Morgan fingerprint density at radius 3 is 2.45 bits per heavy atom. The molecule has 4 heteroatoms. The van der Waals surface area contributed by atoms with Gasteiger partial charge < -0.3 is 4.90 Å². The predicted octanol–water partition coefficient (Wildman–Crippen LogP) is 3.80. The Morgan fingerprint density at radius 2 is 1.70 bits per heavy atom. The molecule has 1 saturated heterocycles. The van der Waals surface area contributed by atoms with Crippen molar-refractivity contribution in [3.63, 3.8) is 0 Å². The summed E-state index contributed by atoms with van der Waals surface area (Å²) in [6.07, 6.45) is 8.20. The summed E-state index contributed by atoms with van der Waals surface area (Å²) in [5.74, 6) is 0. The number of hydrogen-bond donors (Lipinski definition) is 0. The molecule has 20 heavy (non-hydrogen) atoms. The summed E-state index contributed by atoms with van der Waals surface area (Å²) in [5.41, 5.74) is 2.41. The number of hydrogen-bond acceptors (Lipinski definition) is 2. The molecule has 106 valence electrons. The van der Waals surface area contributed by atoms with Gasteiger partial charge >= 0.3 is 0 Å². The van der Waals surface area contributed by atoms with Crippen LogP contribution in [0.25, 0.3) is 11.1 Å². The molecule has 0 N–H and O–H groups in total. The lowest BCUT2D eigenvalue weighted by Crippen LogP contribution is -2.32. The molecule has 1 aliphatic heterocycles. The molecule has 0 bridgehead atoms. The molecule has 2 heterocycles. The number of likely N-dealkylation sites (tertiary alicyclic amines) is 1. The molecule has 0 saturated carbocycles. The van der Waals surface area contributed by atoms with E-state index in [0.29, 0.717) is 0 Å². The van der Waals surface area contributed by atoms with Crippen molar-refractivity contribution >= 4 is 15.9 Å². The number of benzene rings is 1. The number of aromatic nitrogens is 2. The lowest BCUT2D eigenvalue weighted by molar-refractivity contribution is 0.218. The van der Waals surface area contributed by atoms with Gasteiger partial charge in [-0.3, -0.25) is 4.68 Å². The van der Waals surface area contributed by atoms with Crippen LogP contribution >= 0.6 is 15.9 Å². The molecule has 0 spiro atoms. The molecular formula is C16H20BrN3. The maximum absolute atomic E-state index is 4.48. The highest BCUT2D eigenvalue weighted by Gasteiger charge is 2.10. The molecule has 1 aliphatic rings. The third-order valence-corrected chi connectivity index (χ3v) is 4.43. The van der Waals surface area contributed by atoms with Crippen LogP contribution in [-0.4, -0.2) is 34.3 Å². The Balaban J connectivity index is 1.60. The van der Waals surface area contributed by atoms with Gasteiger partial charge in [0.05, 0.1) is 12.7 Å². The standard InChI is InChI=1S/C16H20BrN3/c17-16-6-4-14(5-7-16)15-12-18-20(13-15)11-10-19-8-2-1-3-9-19/h4-7,12-13H,1-3,8-11H2. The van der Waals surface area contributed by atoms with Crippen molar-refractivity contribution in [1.29, 1.82) is 0 Å². The van der Waals surface area contributed by atoms with E-state index in [4.69, 9.17) is 0 Å². The van der Waals surface area contributed by atoms with Crippen LogP contribution < -0.4 is 0 Å². The Hall–Kier alpha value is -1.13. The highest BCUT2D eigenvalue weighted by atomic mass is 79.9. The second kappa shape index (κ2) is 6.55. The number of piperidine rings is 1. The molecule has 3 rings (SSSR count). The van der Waals surface area contributed by atoms with Gasteiger partial charge in [0.25, 0.3) is 0 Å². The van der Waals surface area contributed by atoms with Crippen molar-refractivity contribution in [3.05, 3.63) is 41.1 Å². The maximum Gasteiger partial charge on any atom is 0.0568 e. The van der Waals surface area contributed by atoms with E-state index in [9.17, 15) is 0 Å². The number of rotatable bonds is 4. The summed E-state index contributed by atoms with van der Waals surface area (Å²) < 4.78 is 3.17. The fourth-order valence-electron chi connectivity index (χ4n) is 2.70. The van der Waals surface area contributed by atoms with Gasteiger partial charge in [0, 0.05) is 22.8 Å². The molecule has 0 radical (unpaired) electrons. The SMILES string of the molecule is Brc1ccc(-c2cnn(CCN3CCCCC3)c2)cc1. The smallest absolute Gasteiger partial charge is 0.0568 e. The van der Waals surface area contributed by atoms with Crippen molar-refractivity contribution in [3.8, 4) is 11.1 Å². The quantitative estimate of drug-likeness (QED) is 0.848. The van der Waals surface area contributed by atoms with Crippen LogP contribution in [0.2, 0.25) is 0 Å². The molecule has 0 unspecified atom stereocenters. The third kappa shape index (κ3) is 3.49. The predicted molar refractivity (Wildman–Crippen MR) is 85.7 cm³/mol. The molecule has 3 nitrogen and oxygen atoms in total. The molecule has 1 fully saturated rings. The van der Waals surface area contributed by atoms with Crippen LogP contribution in [0.1, 0.15) is 19.3 Å². The van der Waals surface area contributed by atoms with Crippen LogP contribution in [0.5, 0.6) is 0 Å². The first-order chi connectivity index (χ1) is 9.81. The summed E-state index contributed by atoms with van der Waals surface area (Å²) >= 11 is 3.47. The minimum absolute atomic E-state index is 0.983. The number of nitrogens with zero attached hydrogens (tertiary/aromatic N) is 3. The lowest BCUT2D eigenvalue weighted by atomic mass is 10.1. The average Bonchev–Trinajstić information content (AvgIpc) is 2.96. The van der Waals surface area contributed by atoms with E-state index in [0.717, 1.165) is 17.6 Å². The molecule has 1 aromatic carbocycles. The fourth-order valence-corrected chi connectivity index (χ4v) is 2.97. The van der Waals surface area contributed by atoms with Gasteiger partial charge in [-0.15, -0.1) is 0 Å². The minimum atomic E-state index is 0.983. The summed E-state index contributed by atoms with van der Waals surface area (Å²) in [7, 11) is 0. The molecule has 0 aliphatic carbocycles. The summed E-state index contributed by atoms with van der Waals surface area (Å²) in [4.78, 5) is 2.55. The largest absolute Gasteiger partial charge is 0.301 e. The summed E-state index contributed by atoms with van der Waals surface area (Å²) in [6, 6.07) is 8.38. The highest BCUT2D eigenvalue weighted by Crippen LogP contribution is 2.21. The monoisotopic (exact) mass is 333 g/mol. The molecule has 2 aromatic rings. The second-order valence-corrected chi connectivity index (χ2v) is 6.32. The van der Waals surface area contributed by atoms with Crippen molar-refractivity contribution < 1.29 is 0 Å². The lowest BCUT2D eigenvalue weighted by Gasteiger charge is -2.26. The molecule has 1 aromatic heterocycles. The van der Waals surface area contributed by atoms with E-state index in [1.807, 2.05) is 6.20 Å². The summed E-state index contributed by atoms with van der Waals surface area (Å²) in [5, 5.41) is 4.48. The maximum atomic E-state index is 4.48. The zero-order valence-corrected chi connectivity index (χ0v) is 13.2. The van der Waals surface area contributed by atoms with Gasteiger partial charge in [0.15, 0.2) is 0 Å². The first kappa shape index (κ1) is 13.8. The molecular weight excluding hydrogens is 314 g/mol. The average molecular weight is 334 g/mol. The Morgan fingerprint density at radius 1 is 0.950 bits per heavy atom. The first-order valence-electron chi connectivity index (χ1n) is 7.32. The van der Waals surface area contributed by atoms with Gasteiger partial charge in [-0.1, -0.05) is 34.5 Å². The van der Waals surface area contributed by atoms with Crippen LogP contribution in [0, 0.1) is 0 Å². The van der Waals surface area contributed by atoms with E-state index >= 15 is 0 Å². The van der Waals surface area contributed by atoms with Gasteiger partial charge in [-0.2, -0.15) is 5.10 Å². The Labute approximate surface area is 128 Å².